The molecule has 0 spiro atoms. The molecule has 0 aromatic rings. The third-order valence-electron chi connectivity index (χ3n) is 4.34. The standard InChI is InChI=1S/C11H19NO/c1-8-9-6-4-5-7-11(9,2)12(3)10(8)13/h8-9H,4-7H2,1-3H3. The molecule has 0 aromatic heterocycles. The molecule has 3 unspecified atom stereocenters. The molecule has 2 aliphatic rings. The normalized spacial score (nSPS) is 45.2. The minimum absolute atomic E-state index is 0.175. The van der Waals surface area contributed by atoms with E-state index in [1.807, 2.05) is 11.9 Å². The van der Waals surface area contributed by atoms with Gasteiger partial charge >= 0.3 is 0 Å². The van der Waals surface area contributed by atoms with Gasteiger partial charge in [-0.1, -0.05) is 19.8 Å². The molecular weight excluding hydrogens is 162 g/mol. The van der Waals surface area contributed by atoms with Crippen molar-refractivity contribution in [2.75, 3.05) is 7.05 Å². The highest BCUT2D eigenvalue weighted by atomic mass is 16.2. The van der Waals surface area contributed by atoms with E-state index < -0.39 is 0 Å². The Morgan fingerprint density at radius 2 is 2.15 bits per heavy atom. The highest BCUT2D eigenvalue weighted by Gasteiger charge is 2.52. The van der Waals surface area contributed by atoms with Crippen molar-refractivity contribution in [3.63, 3.8) is 0 Å². The lowest BCUT2D eigenvalue weighted by Gasteiger charge is -2.41. The predicted molar refractivity (Wildman–Crippen MR) is 52.3 cm³/mol. The van der Waals surface area contributed by atoms with Crippen LogP contribution in [0.15, 0.2) is 0 Å². The summed E-state index contributed by atoms with van der Waals surface area (Å²) in [6, 6.07) is 0. The highest BCUT2D eigenvalue weighted by Crippen LogP contribution is 2.47. The molecule has 1 aliphatic heterocycles. The number of likely N-dealkylation sites (tertiary alicyclic amines) is 1. The molecule has 2 fully saturated rings. The number of fused-ring (bicyclic) bond motifs is 1. The van der Waals surface area contributed by atoms with E-state index in [0.717, 1.165) is 0 Å². The Hall–Kier alpha value is -0.530. The van der Waals surface area contributed by atoms with Gasteiger partial charge in [-0.2, -0.15) is 0 Å². The zero-order valence-corrected chi connectivity index (χ0v) is 8.84. The van der Waals surface area contributed by atoms with E-state index >= 15 is 0 Å². The van der Waals surface area contributed by atoms with Crippen molar-refractivity contribution >= 4 is 5.91 Å². The molecule has 2 nitrogen and oxygen atoms in total. The third-order valence-corrected chi connectivity index (χ3v) is 4.34. The average molecular weight is 181 g/mol. The smallest absolute Gasteiger partial charge is 0.225 e. The van der Waals surface area contributed by atoms with Gasteiger partial charge < -0.3 is 4.90 Å². The minimum Gasteiger partial charge on any atom is -0.340 e. The van der Waals surface area contributed by atoms with Gasteiger partial charge in [-0.3, -0.25) is 4.79 Å². The summed E-state index contributed by atoms with van der Waals surface area (Å²) in [6.45, 7) is 4.36. The van der Waals surface area contributed by atoms with E-state index in [1.54, 1.807) is 0 Å². The molecule has 0 aromatic carbocycles. The fraction of sp³-hybridized carbons (Fsp3) is 0.909. The number of hydrogen-bond donors (Lipinski definition) is 0. The highest BCUT2D eigenvalue weighted by molar-refractivity contribution is 5.82. The lowest BCUT2D eigenvalue weighted by atomic mass is 9.71. The Morgan fingerprint density at radius 1 is 1.46 bits per heavy atom. The summed E-state index contributed by atoms with van der Waals surface area (Å²) in [5, 5.41) is 0. The van der Waals surface area contributed by atoms with E-state index in [2.05, 4.69) is 13.8 Å². The van der Waals surface area contributed by atoms with Crippen molar-refractivity contribution in [3.8, 4) is 0 Å². The summed E-state index contributed by atoms with van der Waals surface area (Å²) in [6.07, 6.45) is 5.04. The SMILES string of the molecule is CC1C(=O)N(C)C2(C)CCCCC12. The number of carbonyl (C=O) groups excluding carboxylic acids is 1. The topological polar surface area (TPSA) is 20.3 Å². The molecule has 1 saturated heterocycles. The fourth-order valence-electron chi connectivity index (χ4n) is 3.28. The fourth-order valence-corrected chi connectivity index (χ4v) is 3.28. The summed E-state index contributed by atoms with van der Waals surface area (Å²) in [7, 11) is 1.98. The Morgan fingerprint density at radius 3 is 2.77 bits per heavy atom. The Balaban J connectivity index is 2.32. The van der Waals surface area contributed by atoms with Crippen LogP contribution in [0, 0.1) is 11.8 Å². The maximum Gasteiger partial charge on any atom is 0.225 e. The van der Waals surface area contributed by atoms with Crippen LogP contribution in [-0.2, 0) is 4.79 Å². The maximum atomic E-state index is 11.8. The second kappa shape index (κ2) is 2.73. The first-order valence-electron chi connectivity index (χ1n) is 5.35. The second-order valence-electron chi connectivity index (χ2n) is 4.90. The minimum atomic E-state index is 0.175. The molecule has 3 atom stereocenters. The van der Waals surface area contributed by atoms with Crippen molar-refractivity contribution < 1.29 is 4.79 Å². The zero-order valence-electron chi connectivity index (χ0n) is 8.84. The largest absolute Gasteiger partial charge is 0.340 e. The van der Waals surface area contributed by atoms with Crippen LogP contribution in [-0.4, -0.2) is 23.4 Å². The molecule has 1 amide bonds. The van der Waals surface area contributed by atoms with Crippen LogP contribution in [0.25, 0.3) is 0 Å². The number of nitrogens with zero attached hydrogens (tertiary/aromatic N) is 1. The molecule has 2 rings (SSSR count). The molecule has 1 heterocycles. The van der Waals surface area contributed by atoms with Gasteiger partial charge in [0.2, 0.25) is 5.91 Å². The van der Waals surface area contributed by atoms with E-state index in [1.165, 1.54) is 25.7 Å². The van der Waals surface area contributed by atoms with E-state index in [4.69, 9.17) is 0 Å². The summed E-state index contributed by atoms with van der Waals surface area (Å²) in [5.41, 5.74) is 0.175. The summed E-state index contributed by atoms with van der Waals surface area (Å²) >= 11 is 0. The average Bonchev–Trinajstić information content (AvgIpc) is 2.29. The van der Waals surface area contributed by atoms with Gasteiger partial charge in [0, 0.05) is 18.5 Å². The van der Waals surface area contributed by atoms with Gasteiger partial charge in [-0.05, 0) is 25.7 Å². The lowest BCUT2D eigenvalue weighted by Crippen LogP contribution is -2.45. The quantitative estimate of drug-likeness (QED) is 0.560. The van der Waals surface area contributed by atoms with Crippen molar-refractivity contribution in [2.24, 2.45) is 11.8 Å². The number of hydrogen-bond acceptors (Lipinski definition) is 1. The lowest BCUT2D eigenvalue weighted by molar-refractivity contribution is -0.131. The molecular formula is C11H19NO. The van der Waals surface area contributed by atoms with Crippen molar-refractivity contribution in [1.82, 2.24) is 4.90 Å². The van der Waals surface area contributed by atoms with Crippen LogP contribution in [0.4, 0.5) is 0 Å². The van der Waals surface area contributed by atoms with Crippen LogP contribution < -0.4 is 0 Å². The molecule has 13 heavy (non-hydrogen) atoms. The van der Waals surface area contributed by atoms with E-state index in [9.17, 15) is 4.79 Å². The third kappa shape index (κ3) is 1.04. The first-order valence-corrected chi connectivity index (χ1v) is 5.35. The molecule has 0 bridgehead atoms. The van der Waals surface area contributed by atoms with Crippen LogP contribution >= 0.6 is 0 Å². The van der Waals surface area contributed by atoms with Crippen molar-refractivity contribution in [3.05, 3.63) is 0 Å². The van der Waals surface area contributed by atoms with Gasteiger partial charge in [0.15, 0.2) is 0 Å². The summed E-state index contributed by atoms with van der Waals surface area (Å²) < 4.78 is 0. The summed E-state index contributed by atoms with van der Waals surface area (Å²) in [4.78, 5) is 13.8. The molecule has 1 aliphatic carbocycles. The number of rotatable bonds is 0. The second-order valence-corrected chi connectivity index (χ2v) is 4.90. The van der Waals surface area contributed by atoms with Crippen molar-refractivity contribution in [2.45, 2.75) is 45.1 Å². The molecule has 74 valence electrons. The Labute approximate surface area is 80.3 Å². The van der Waals surface area contributed by atoms with E-state index in [-0.39, 0.29) is 11.5 Å². The molecule has 1 saturated carbocycles. The van der Waals surface area contributed by atoms with E-state index in [0.29, 0.717) is 11.8 Å². The predicted octanol–water partition coefficient (Wildman–Crippen LogP) is 2.04. The van der Waals surface area contributed by atoms with Crippen LogP contribution in [0.2, 0.25) is 0 Å². The van der Waals surface area contributed by atoms with Gasteiger partial charge in [0.25, 0.3) is 0 Å². The van der Waals surface area contributed by atoms with Gasteiger partial charge in [0.05, 0.1) is 0 Å². The monoisotopic (exact) mass is 181 g/mol. The summed E-state index contributed by atoms with van der Waals surface area (Å²) in [5.74, 6) is 1.23. The van der Waals surface area contributed by atoms with Gasteiger partial charge in [-0.25, -0.2) is 0 Å². The first-order chi connectivity index (χ1) is 6.07. The van der Waals surface area contributed by atoms with Gasteiger partial charge in [0.1, 0.15) is 0 Å². The zero-order chi connectivity index (χ0) is 9.64. The van der Waals surface area contributed by atoms with Gasteiger partial charge in [-0.15, -0.1) is 0 Å². The maximum absolute atomic E-state index is 11.8. The van der Waals surface area contributed by atoms with Crippen molar-refractivity contribution in [1.29, 1.82) is 0 Å². The molecule has 0 radical (unpaired) electrons. The van der Waals surface area contributed by atoms with Crippen LogP contribution in [0.3, 0.4) is 0 Å². The Bertz CT molecular complexity index is 238. The van der Waals surface area contributed by atoms with Crippen LogP contribution in [0.1, 0.15) is 39.5 Å². The number of amides is 1. The van der Waals surface area contributed by atoms with Crippen LogP contribution in [0.5, 0.6) is 0 Å². The Kier molecular flexibility index (Phi) is 1.90. The first kappa shape index (κ1) is 9.04. The molecule has 0 N–H and O–H groups in total. The molecule has 2 heteroatoms. The number of carbonyl (C=O) groups is 1.